The van der Waals surface area contributed by atoms with Crippen molar-refractivity contribution in [3.8, 4) is 0 Å². The van der Waals surface area contributed by atoms with Crippen molar-refractivity contribution in [3.63, 3.8) is 0 Å². The molecule has 2 aromatic heterocycles. The minimum absolute atomic E-state index is 0.0672. The maximum Gasteiger partial charge on any atom is 0.168 e. The summed E-state index contributed by atoms with van der Waals surface area (Å²) < 4.78 is 1.85. The lowest BCUT2D eigenvalue weighted by Crippen LogP contribution is -2.18. The van der Waals surface area contributed by atoms with Gasteiger partial charge in [0.05, 0.1) is 5.69 Å². The summed E-state index contributed by atoms with van der Waals surface area (Å²) in [5.74, 6) is 0. The van der Waals surface area contributed by atoms with Crippen molar-refractivity contribution >= 4 is 11.9 Å². The zero-order valence-corrected chi connectivity index (χ0v) is 9.90. The van der Waals surface area contributed by atoms with E-state index in [-0.39, 0.29) is 5.41 Å². The Morgan fingerprint density at radius 2 is 2.19 bits per heavy atom. The number of imidazole rings is 1. The van der Waals surface area contributed by atoms with Crippen LogP contribution in [0.4, 0.5) is 0 Å². The lowest BCUT2D eigenvalue weighted by molar-refractivity contribution is 0.111. The number of hydrogen-bond acceptors (Lipinski definition) is 2. The molecule has 0 spiro atoms. The van der Waals surface area contributed by atoms with Gasteiger partial charge in [0, 0.05) is 11.6 Å². The van der Waals surface area contributed by atoms with E-state index in [1.165, 1.54) is 0 Å². The van der Waals surface area contributed by atoms with Gasteiger partial charge in [0.15, 0.2) is 6.29 Å². The zero-order valence-electron chi connectivity index (χ0n) is 9.90. The smallest absolute Gasteiger partial charge is 0.168 e. The topological polar surface area (TPSA) is 34.4 Å². The van der Waals surface area contributed by atoms with Crippen molar-refractivity contribution in [1.29, 1.82) is 0 Å². The van der Waals surface area contributed by atoms with E-state index in [0.717, 1.165) is 24.0 Å². The van der Waals surface area contributed by atoms with Crippen LogP contribution < -0.4 is 0 Å². The molecule has 2 heterocycles. The number of carbonyl (C=O) groups is 1. The van der Waals surface area contributed by atoms with Crippen LogP contribution in [0.15, 0.2) is 24.4 Å². The van der Waals surface area contributed by atoms with Crippen LogP contribution in [-0.2, 0) is 5.41 Å². The third kappa shape index (κ3) is 1.52. The van der Waals surface area contributed by atoms with Crippen LogP contribution in [0.25, 0.3) is 5.65 Å². The number of pyridine rings is 1. The summed E-state index contributed by atoms with van der Waals surface area (Å²) in [6.45, 7) is 6.34. The van der Waals surface area contributed by atoms with Gasteiger partial charge in [-0.2, -0.15) is 0 Å². The molecule has 0 N–H and O–H groups in total. The molecule has 0 aromatic carbocycles. The number of rotatable bonds is 3. The first-order valence-corrected chi connectivity index (χ1v) is 5.53. The molecule has 0 aliphatic heterocycles. The Kier molecular flexibility index (Phi) is 2.54. The minimum atomic E-state index is -0.0672. The molecule has 0 radical (unpaired) electrons. The average Bonchev–Trinajstić information content (AvgIpc) is 2.68. The maximum absolute atomic E-state index is 11.2. The second-order valence-corrected chi connectivity index (χ2v) is 4.63. The van der Waals surface area contributed by atoms with Crippen LogP contribution in [0, 0.1) is 0 Å². The lowest BCUT2D eigenvalue weighted by Gasteiger charge is -2.20. The van der Waals surface area contributed by atoms with Crippen LogP contribution >= 0.6 is 0 Å². The van der Waals surface area contributed by atoms with Gasteiger partial charge in [0.1, 0.15) is 11.3 Å². The molecule has 0 atom stereocenters. The Labute approximate surface area is 95.1 Å². The molecular weight excluding hydrogens is 200 g/mol. The monoisotopic (exact) mass is 216 g/mol. The van der Waals surface area contributed by atoms with E-state index in [1.807, 2.05) is 28.8 Å². The first-order valence-electron chi connectivity index (χ1n) is 5.53. The maximum atomic E-state index is 11.2. The number of aromatic nitrogens is 2. The predicted molar refractivity (Wildman–Crippen MR) is 63.9 cm³/mol. The van der Waals surface area contributed by atoms with Crippen molar-refractivity contribution in [2.45, 2.75) is 32.6 Å². The van der Waals surface area contributed by atoms with Crippen LogP contribution in [0.3, 0.4) is 0 Å². The fraction of sp³-hybridized carbons (Fsp3) is 0.385. The molecule has 16 heavy (non-hydrogen) atoms. The van der Waals surface area contributed by atoms with Gasteiger partial charge in [-0.3, -0.25) is 9.20 Å². The van der Waals surface area contributed by atoms with E-state index in [2.05, 4.69) is 25.8 Å². The van der Waals surface area contributed by atoms with Crippen LogP contribution in [0.5, 0.6) is 0 Å². The average molecular weight is 216 g/mol. The molecule has 0 saturated heterocycles. The Balaban J connectivity index is 2.75. The van der Waals surface area contributed by atoms with E-state index in [9.17, 15) is 4.79 Å². The van der Waals surface area contributed by atoms with Gasteiger partial charge in [-0.05, 0) is 18.6 Å². The van der Waals surface area contributed by atoms with Crippen molar-refractivity contribution in [2.24, 2.45) is 0 Å². The van der Waals surface area contributed by atoms with Gasteiger partial charge in [-0.1, -0.05) is 26.8 Å². The molecule has 0 aliphatic rings. The molecule has 2 aromatic rings. The van der Waals surface area contributed by atoms with Gasteiger partial charge in [0.2, 0.25) is 0 Å². The molecule has 3 heteroatoms. The highest BCUT2D eigenvalue weighted by molar-refractivity contribution is 5.77. The van der Waals surface area contributed by atoms with E-state index < -0.39 is 0 Å². The summed E-state index contributed by atoms with van der Waals surface area (Å²) >= 11 is 0. The van der Waals surface area contributed by atoms with Crippen molar-refractivity contribution in [2.75, 3.05) is 0 Å². The second kappa shape index (κ2) is 3.74. The highest BCUT2D eigenvalue weighted by Crippen LogP contribution is 2.28. The third-order valence-corrected chi connectivity index (χ3v) is 3.20. The van der Waals surface area contributed by atoms with Crippen molar-refractivity contribution in [1.82, 2.24) is 9.38 Å². The van der Waals surface area contributed by atoms with E-state index >= 15 is 0 Å². The number of aldehydes is 1. The second-order valence-electron chi connectivity index (χ2n) is 4.63. The number of hydrogen-bond donors (Lipinski definition) is 0. The molecule has 0 fully saturated rings. The number of fused-ring (bicyclic) bond motifs is 1. The van der Waals surface area contributed by atoms with Gasteiger partial charge in [-0.15, -0.1) is 0 Å². The molecule has 0 aliphatic carbocycles. The molecule has 0 amide bonds. The fourth-order valence-corrected chi connectivity index (χ4v) is 1.79. The highest BCUT2D eigenvalue weighted by atomic mass is 16.1. The summed E-state index contributed by atoms with van der Waals surface area (Å²) in [6, 6.07) is 5.76. The fourth-order valence-electron chi connectivity index (χ4n) is 1.79. The standard InChI is InChI=1S/C13H16N2O/c1-4-13(2,3)12-10(9-16)15-8-6-5-7-11(15)14-12/h5-9H,4H2,1-3H3. The number of nitrogens with zero attached hydrogens (tertiary/aromatic N) is 2. The summed E-state index contributed by atoms with van der Waals surface area (Å²) in [4.78, 5) is 15.8. The predicted octanol–water partition coefficient (Wildman–Crippen LogP) is 2.83. The van der Waals surface area contributed by atoms with E-state index in [0.29, 0.717) is 5.69 Å². The summed E-state index contributed by atoms with van der Waals surface area (Å²) in [5.41, 5.74) is 2.32. The minimum Gasteiger partial charge on any atom is -0.297 e. The van der Waals surface area contributed by atoms with Gasteiger partial charge in [-0.25, -0.2) is 4.98 Å². The van der Waals surface area contributed by atoms with Crippen molar-refractivity contribution in [3.05, 3.63) is 35.8 Å². The van der Waals surface area contributed by atoms with E-state index in [1.54, 1.807) is 0 Å². The van der Waals surface area contributed by atoms with Crippen molar-refractivity contribution < 1.29 is 4.79 Å². The largest absolute Gasteiger partial charge is 0.297 e. The number of carbonyl (C=O) groups excluding carboxylic acids is 1. The zero-order chi connectivity index (χ0) is 11.8. The normalized spacial score (nSPS) is 11.9. The van der Waals surface area contributed by atoms with Crippen LogP contribution in [0.2, 0.25) is 0 Å². The Hall–Kier alpha value is -1.64. The molecule has 3 nitrogen and oxygen atoms in total. The van der Waals surface area contributed by atoms with Gasteiger partial charge < -0.3 is 0 Å². The van der Waals surface area contributed by atoms with Gasteiger partial charge in [0.25, 0.3) is 0 Å². The molecule has 2 rings (SSSR count). The summed E-state index contributed by atoms with van der Waals surface area (Å²) in [7, 11) is 0. The molecular formula is C13H16N2O. The van der Waals surface area contributed by atoms with E-state index in [4.69, 9.17) is 0 Å². The van der Waals surface area contributed by atoms with Crippen LogP contribution in [0.1, 0.15) is 43.4 Å². The Bertz CT molecular complexity index is 526. The highest BCUT2D eigenvalue weighted by Gasteiger charge is 2.26. The first kappa shape index (κ1) is 10.9. The molecule has 0 saturated carbocycles. The molecule has 84 valence electrons. The van der Waals surface area contributed by atoms with Gasteiger partial charge >= 0.3 is 0 Å². The summed E-state index contributed by atoms with van der Waals surface area (Å²) in [5, 5.41) is 0. The first-order chi connectivity index (χ1) is 7.60. The third-order valence-electron chi connectivity index (χ3n) is 3.20. The van der Waals surface area contributed by atoms with Crippen LogP contribution in [-0.4, -0.2) is 15.7 Å². The quantitative estimate of drug-likeness (QED) is 0.739. The SMILES string of the molecule is CCC(C)(C)c1nc2ccccn2c1C=O. The lowest BCUT2D eigenvalue weighted by atomic mass is 9.85. The molecule has 0 unspecified atom stereocenters. The Morgan fingerprint density at radius 1 is 1.44 bits per heavy atom. The Morgan fingerprint density at radius 3 is 2.81 bits per heavy atom. The summed E-state index contributed by atoms with van der Waals surface area (Å²) in [6.07, 6.45) is 3.73. The molecule has 0 bridgehead atoms.